The second kappa shape index (κ2) is 7.56. The summed E-state index contributed by atoms with van der Waals surface area (Å²) in [5.74, 6) is -4.26. The fraction of sp³-hybridized carbons (Fsp3) is 0.125. The number of allylic oxidation sites excluding steroid dienone is 4. The smallest absolute Gasteiger partial charge is 0.327 e. The standard InChI is InChI=1S/C24H16F2O6/c1-12-7-9-24(2,23(30)31-11-27)10-8-13(12)18-14-3-5-16(28)19(25)21(14)32-22-15(18)4-6-17(29)20(22)26/h3-11,28H,1-2H3. The SMILES string of the molecule is CC1=C(c2c3ccc(=O)c(F)c-3oc3c(F)c(O)ccc23)C=CC(C)(C(=O)OC=O)C=C1. The molecule has 0 fully saturated rings. The lowest BCUT2D eigenvalue weighted by atomic mass is 9.88. The molecule has 1 heterocycles. The summed E-state index contributed by atoms with van der Waals surface area (Å²) in [5, 5.41) is 10.0. The minimum atomic E-state index is -1.27. The zero-order valence-electron chi connectivity index (χ0n) is 16.9. The summed E-state index contributed by atoms with van der Waals surface area (Å²) in [6.07, 6.45) is 6.23. The van der Waals surface area contributed by atoms with Crippen molar-refractivity contribution in [3.8, 4) is 17.1 Å². The van der Waals surface area contributed by atoms with Gasteiger partial charge in [-0.3, -0.25) is 14.4 Å². The van der Waals surface area contributed by atoms with Crippen LogP contribution in [0.1, 0.15) is 19.4 Å². The Hall–Kier alpha value is -4.07. The van der Waals surface area contributed by atoms with Crippen LogP contribution in [0.25, 0.3) is 27.9 Å². The summed E-state index contributed by atoms with van der Waals surface area (Å²) in [4.78, 5) is 34.7. The zero-order chi connectivity index (χ0) is 23.2. The monoisotopic (exact) mass is 438 g/mol. The molecule has 1 N–H and O–H groups in total. The van der Waals surface area contributed by atoms with Gasteiger partial charge in [0.15, 0.2) is 17.1 Å². The van der Waals surface area contributed by atoms with Crippen LogP contribution in [0.15, 0.2) is 63.4 Å². The van der Waals surface area contributed by atoms with Crippen LogP contribution >= 0.6 is 0 Å². The van der Waals surface area contributed by atoms with Crippen LogP contribution in [-0.2, 0) is 14.3 Å². The predicted molar refractivity (Wildman–Crippen MR) is 112 cm³/mol. The Labute approximate surface area is 180 Å². The molecule has 6 nitrogen and oxygen atoms in total. The van der Waals surface area contributed by atoms with Crippen molar-refractivity contribution in [1.29, 1.82) is 0 Å². The molecule has 162 valence electrons. The highest BCUT2D eigenvalue weighted by atomic mass is 19.1. The lowest BCUT2D eigenvalue weighted by Crippen LogP contribution is -2.25. The maximum atomic E-state index is 14.7. The van der Waals surface area contributed by atoms with Gasteiger partial charge in [0.05, 0.1) is 0 Å². The first-order chi connectivity index (χ1) is 15.2. The average Bonchev–Trinajstić information content (AvgIpc) is 2.92. The maximum Gasteiger partial charge on any atom is 0.327 e. The number of carbonyl (C=O) groups is 2. The maximum absolute atomic E-state index is 14.7. The van der Waals surface area contributed by atoms with E-state index in [0.29, 0.717) is 16.7 Å². The Morgan fingerprint density at radius 2 is 1.84 bits per heavy atom. The molecule has 1 aromatic rings. The van der Waals surface area contributed by atoms with Crippen molar-refractivity contribution < 1.29 is 32.6 Å². The Kier molecular flexibility index (Phi) is 5.00. The van der Waals surface area contributed by atoms with Gasteiger partial charge >= 0.3 is 12.4 Å². The molecule has 3 aliphatic rings. The largest absolute Gasteiger partial charge is 0.505 e. The number of hydrogen-bond acceptors (Lipinski definition) is 6. The summed E-state index contributed by atoms with van der Waals surface area (Å²) >= 11 is 0. The van der Waals surface area contributed by atoms with Crippen molar-refractivity contribution >= 4 is 29.0 Å². The van der Waals surface area contributed by atoms with E-state index >= 15 is 0 Å². The summed E-state index contributed by atoms with van der Waals surface area (Å²) < 4.78 is 39.3. The number of phenols is 1. The van der Waals surface area contributed by atoms with Crippen LogP contribution in [0.2, 0.25) is 0 Å². The van der Waals surface area contributed by atoms with Gasteiger partial charge in [-0.25, -0.2) is 0 Å². The summed E-state index contributed by atoms with van der Waals surface area (Å²) in [7, 11) is 0. The molecule has 4 rings (SSSR count). The lowest BCUT2D eigenvalue weighted by Gasteiger charge is -2.18. The Bertz CT molecular complexity index is 1410. The molecule has 32 heavy (non-hydrogen) atoms. The van der Waals surface area contributed by atoms with Crippen molar-refractivity contribution in [3.63, 3.8) is 0 Å². The number of rotatable bonds is 3. The van der Waals surface area contributed by atoms with Gasteiger partial charge in [-0.15, -0.1) is 0 Å². The normalized spacial score (nSPS) is 18.2. The molecule has 1 aliphatic heterocycles. The van der Waals surface area contributed by atoms with Crippen LogP contribution in [0.5, 0.6) is 5.75 Å². The van der Waals surface area contributed by atoms with E-state index in [1.165, 1.54) is 24.3 Å². The van der Waals surface area contributed by atoms with Crippen LogP contribution in [0.3, 0.4) is 0 Å². The van der Waals surface area contributed by atoms with E-state index in [2.05, 4.69) is 4.74 Å². The molecule has 0 amide bonds. The minimum Gasteiger partial charge on any atom is -0.505 e. The third kappa shape index (κ3) is 3.20. The molecule has 0 saturated carbocycles. The molecule has 0 radical (unpaired) electrons. The number of ether oxygens (including phenoxy) is 1. The van der Waals surface area contributed by atoms with Crippen molar-refractivity contribution in [2.45, 2.75) is 13.8 Å². The quantitative estimate of drug-likeness (QED) is 0.280. The van der Waals surface area contributed by atoms with Gasteiger partial charge in [0, 0.05) is 16.5 Å². The van der Waals surface area contributed by atoms with Gasteiger partial charge in [0.1, 0.15) is 5.41 Å². The minimum absolute atomic E-state index is 0.0413. The molecule has 0 aromatic heterocycles. The Morgan fingerprint density at radius 3 is 2.56 bits per heavy atom. The van der Waals surface area contributed by atoms with Crippen molar-refractivity contribution in [2.75, 3.05) is 0 Å². The van der Waals surface area contributed by atoms with Crippen molar-refractivity contribution in [1.82, 2.24) is 0 Å². The van der Waals surface area contributed by atoms with Crippen molar-refractivity contribution in [2.24, 2.45) is 5.41 Å². The van der Waals surface area contributed by atoms with Gasteiger partial charge in [-0.1, -0.05) is 24.3 Å². The summed E-state index contributed by atoms with van der Waals surface area (Å²) in [6.45, 7) is 3.31. The second-order valence-electron chi connectivity index (χ2n) is 7.55. The molecule has 8 heteroatoms. The van der Waals surface area contributed by atoms with E-state index in [0.717, 1.165) is 12.1 Å². The van der Waals surface area contributed by atoms with E-state index in [1.54, 1.807) is 26.0 Å². The van der Waals surface area contributed by atoms with Crippen LogP contribution in [0.4, 0.5) is 8.78 Å². The topological polar surface area (TPSA) is 93.8 Å². The highest BCUT2D eigenvalue weighted by Gasteiger charge is 2.32. The van der Waals surface area contributed by atoms with E-state index in [1.807, 2.05) is 0 Å². The first kappa shape index (κ1) is 21.2. The number of esters is 1. The molecule has 0 bridgehead atoms. The predicted octanol–water partition coefficient (Wildman–Crippen LogP) is 4.49. The van der Waals surface area contributed by atoms with E-state index in [-0.39, 0.29) is 17.4 Å². The number of hydrogen-bond donors (Lipinski definition) is 1. The molecule has 0 saturated heterocycles. The second-order valence-corrected chi connectivity index (χ2v) is 7.55. The van der Waals surface area contributed by atoms with Gasteiger partial charge < -0.3 is 14.3 Å². The number of benzene rings is 2. The Morgan fingerprint density at radius 1 is 1.12 bits per heavy atom. The van der Waals surface area contributed by atoms with Gasteiger partial charge in [0.2, 0.25) is 17.1 Å². The highest BCUT2D eigenvalue weighted by molar-refractivity contribution is 6.02. The molecule has 1 unspecified atom stereocenters. The fourth-order valence-corrected chi connectivity index (χ4v) is 3.63. The number of halogens is 2. The van der Waals surface area contributed by atoms with E-state index in [9.17, 15) is 28.3 Å². The van der Waals surface area contributed by atoms with Crippen LogP contribution < -0.4 is 5.43 Å². The number of fused-ring (bicyclic) bond motifs is 2. The van der Waals surface area contributed by atoms with Gasteiger partial charge in [-0.2, -0.15) is 8.78 Å². The number of aromatic hydroxyl groups is 1. The van der Waals surface area contributed by atoms with E-state index < -0.39 is 45.5 Å². The molecule has 1 atom stereocenters. The zero-order valence-corrected chi connectivity index (χ0v) is 16.9. The van der Waals surface area contributed by atoms with Gasteiger partial charge in [0.25, 0.3) is 0 Å². The lowest BCUT2D eigenvalue weighted by molar-refractivity contribution is -0.155. The van der Waals surface area contributed by atoms with Crippen LogP contribution in [-0.4, -0.2) is 17.5 Å². The fourth-order valence-electron chi connectivity index (χ4n) is 3.63. The van der Waals surface area contributed by atoms with Crippen molar-refractivity contribution in [3.05, 3.63) is 81.6 Å². The van der Waals surface area contributed by atoms with Gasteiger partial charge in [-0.05, 0) is 49.3 Å². The van der Waals surface area contributed by atoms with E-state index in [4.69, 9.17) is 4.42 Å². The Balaban J connectivity index is 2.07. The molecule has 1 aromatic carbocycles. The number of carbonyl (C=O) groups excluding carboxylic acids is 2. The third-order valence-electron chi connectivity index (χ3n) is 5.45. The number of phenolic OH excluding ortho intramolecular Hbond substituents is 1. The van der Waals surface area contributed by atoms with Crippen LogP contribution in [0, 0.1) is 17.0 Å². The summed E-state index contributed by atoms with van der Waals surface area (Å²) in [5.41, 5.74) is -0.987. The first-order valence-corrected chi connectivity index (χ1v) is 9.49. The third-order valence-corrected chi connectivity index (χ3v) is 5.45. The summed E-state index contributed by atoms with van der Waals surface area (Å²) in [6, 6.07) is 4.96. The molecule has 0 spiro atoms. The molecule has 2 aliphatic carbocycles. The average molecular weight is 438 g/mol. The molecular formula is C24H16F2O6. The first-order valence-electron chi connectivity index (χ1n) is 9.49. The highest BCUT2D eigenvalue weighted by Crippen LogP contribution is 2.43. The molecular weight excluding hydrogens is 422 g/mol.